The zero-order chi connectivity index (χ0) is 13.1. The van der Waals surface area contributed by atoms with Gasteiger partial charge in [0.2, 0.25) is 0 Å². The van der Waals surface area contributed by atoms with Gasteiger partial charge >= 0.3 is 0 Å². The molecule has 0 bridgehead atoms. The Kier molecular flexibility index (Phi) is 9.85. The standard InChI is InChI=1S/C15H32O2/c1-6-7-8-9-10-11-12-13-15(16-4,17-5)14(2)3/h14H,6-13H2,1-5H3. The first-order valence-corrected chi connectivity index (χ1v) is 7.23. The van der Waals surface area contributed by atoms with E-state index in [0.29, 0.717) is 5.92 Å². The van der Waals surface area contributed by atoms with Crippen molar-refractivity contribution < 1.29 is 9.47 Å². The van der Waals surface area contributed by atoms with E-state index in [0.717, 1.165) is 6.42 Å². The SMILES string of the molecule is CCCCCCCCCC(OC)(OC)C(C)C. The maximum absolute atomic E-state index is 5.57. The summed E-state index contributed by atoms with van der Waals surface area (Å²) in [6, 6.07) is 0. The number of rotatable bonds is 11. The number of unbranched alkanes of at least 4 members (excludes halogenated alkanes) is 6. The van der Waals surface area contributed by atoms with Crippen molar-refractivity contribution >= 4 is 0 Å². The maximum atomic E-state index is 5.57. The molecule has 0 aromatic heterocycles. The summed E-state index contributed by atoms with van der Waals surface area (Å²) in [5.74, 6) is 0.0289. The minimum Gasteiger partial charge on any atom is -0.353 e. The second-order valence-electron chi connectivity index (χ2n) is 5.25. The van der Waals surface area contributed by atoms with E-state index in [1.807, 2.05) is 0 Å². The van der Waals surface area contributed by atoms with Crippen molar-refractivity contribution in [2.45, 2.75) is 77.9 Å². The molecule has 0 aromatic carbocycles. The average molecular weight is 244 g/mol. The van der Waals surface area contributed by atoms with Gasteiger partial charge in [0.1, 0.15) is 0 Å². The molecule has 2 heteroatoms. The van der Waals surface area contributed by atoms with Crippen LogP contribution in [0.3, 0.4) is 0 Å². The molecule has 0 amide bonds. The fourth-order valence-electron chi connectivity index (χ4n) is 2.38. The molecule has 0 aliphatic rings. The number of hydrogen-bond acceptors (Lipinski definition) is 2. The van der Waals surface area contributed by atoms with E-state index >= 15 is 0 Å². The smallest absolute Gasteiger partial charge is 0.169 e. The lowest BCUT2D eigenvalue weighted by atomic mass is 9.95. The molecule has 0 aliphatic carbocycles. The third kappa shape index (κ3) is 6.42. The topological polar surface area (TPSA) is 18.5 Å². The fraction of sp³-hybridized carbons (Fsp3) is 1.00. The summed E-state index contributed by atoms with van der Waals surface area (Å²) in [5.41, 5.74) is 0. The zero-order valence-electron chi connectivity index (χ0n) is 12.6. The van der Waals surface area contributed by atoms with Crippen molar-refractivity contribution in [3.8, 4) is 0 Å². The van der Waals surface area contributed by atoms with Gasteiger partial charge in [-0.3, -0.25) is 0 Å². The van der Waals surface area contributed by atoms with Crippen molar-refractivity contribution in [1.29, 1.82) is 0 Å². The van der Waals surface area contributed by atoms with Crippen LogP contribution < -0.4 is 0 Å². The molecular formula is C15H32O2. The van der Waals surface area contributed by atoms with Crippen molar-refractivity contribution in [3.63, 3.8) is 0 Å². The van der Waals surface area contributed by atoms with Gasteiger partial charge in [-0.1, -0.05) is 59.3 Å². The first-order chi connectivity index (χ1) is 8.13. The Labute approximate surface area is 108 Å². The van der Waals surface area contributed by atoms with Gasteiger partial charge in [-0.25, -0.2) is 0 Å². The van der Waals surface area contributed by atoms with Crippen LogP contribution in [0.4, 0.5) is 0 Å². The van der Waals surface area contributed by atoms with Gasteiger partial charge in [0, 0.05) is 26.6 Å². The molecule has 0 unspecified atom stereocenters. The molecule has 0 rings (SSSR count). The second-order valence-corrected chi connectivity index (χ2v) is 5.25. The van der Waals surface area contributed by atoms with Gasteiger partial charge in [-0.15, -0.1) is 0 Å². The summed E-state index contributed by atoms with van der Waals surface area (Å²) in [4.78, 5) is 0. The highest BCUT2D eigenvalue weighted by Gasteiger charge is 2.32. The Balaban J connectivity index is 3.69. The molecule has 0 saturated carbocycles. The van der Waals surface area contributed by atoms with Crippen LogP contribution in [0.25, 0.3) is 0 Å². The molecule has 2 nitrogen and oxygen atoms in total. The third-order valence-electron chi connectivity index (χ3n) is 3.70. The van der Waals surface area contributed by atoms with Crippen molar-refractivity contribution in [1.82, 2.24) is 0 Å². The molecule has 0 heterocycles. The first kappa shape index (κ1) is 16.9. The molecule has 0 atom stereocenters. The summed E-state index contributed by atoms with van der Waals surface area (Å²) in [6.07, 6.45) is 10.3. The average Bonchev–Trinajstić information content (AvgIpc) is 2.33. The molecular weight excluding hydrogens is 212 g/mol. The summed E-state index contributed by atoms with van der Waals surface area (Å²) in [5, 5.41) is 0. The third-order valence-corrected chi connectivity index (χ3v) is 3.70. The van der Waals surface area contributed by atoms with E-state index in [1.165, 1.54) is 44.9 Å². The van der Waals surface area contributed by atoms with Crippen LogP contribution in [0, 0.1) is 5.92 Å². The summed E-state index contributed by atoms with van der Waals surface area (Å²) >= 11 is 0. The summed E-state index contributed by atoms with van der Waals surface area (Å²) < 4.78 is 11.1. The predicted octanol–water partition coefficient (Wildman–Crippen LogP) is 4.77. The van der Waals surface area contributed by atoms with Crippen LogP contribution in [0.1, 0.15) is 72.1 Å². The second kappa shape index (κ2) is 9.90. The van der Waals surface area contributed by atoms with Gasteiger partial charge in [0.25, 0.3) is 0 Å². The van der Waals surface area contributed by atoms with Crippen LogP contribution in [0.15, 0.2) is 0 Å². The number of hydrogen-bond donors (Lipinski definition) is 0. The lowest BCUT2D eigenvalue weighted by Gasteiger charge is -2.34. The van der Waals surface area contributed by atoms with Crippen molar-refractivity contribution in [2.24, 2.45) is 5.92 Å². The molecule has 104 valence electrons. The molecule has 0 aliphatic heterocycles. The van der Waals surface area contributed by atoms with Crippen LogP contribution in [0.2, 0.25) is 0 Å². The minimum absolute atomic E-state index is 0.372. The van der Waals surface area contributed by atoms with E-state index in [4.69, 9.17) is 9.47 Å². The maximum Gasteiger partial charge on any atom is 0.169 e. The van der Waals surface area contributed by atoms with Crippen molar-refractivity contribution in [3.05, 3.63) is 0 Å². The molecule has 0 fully saturated rings. The first-order valence-electron chi connectivity index (χ1n) is 7.23. The van der Waals surface area contributed by atoms with Crippen LogP contribution in [-0.2, 0) is 9.47 Å². The zero-order valence-corrected chi connectivity index (χ0v) is 12.6. The Morgan fingerprint density at radius 3 is 1.71 bits per heavy atom. The van der Waals surface area contributed by atoms with E-state index < -0.39 is 0 Å². The van der Waals surface area contributed by atoms with E-state index in [-0.39, 0.29) is 5.79 Å². The van der Waals surface area contributed by atoms with Crippen molar-refractivity contribution in [2.75, 3.05) is 14.2 Å². The monoisotopic (exact) mass is 244 g/mol. The quantitative estimate of drug-likeness (QED) is 0.385. The van der Waals surface area contributed by atoms with E-state index in [2.05, 4.69) is 20.8 Å². The van der Waals surface area contributed by atoms with Gasteiger partial charge < -0.3 is 9.47 Å². The fourth-order valence-corrected chi connectivity index (χ4v) is 2.38. The van der Waals surface area contributed by atoms with Gasteiger partial charge in [0.15, 0.2) is 5.79 Å². The molecule has 0 aromatic rings. The Hall–Kier alpha value is -0.0800. The predicted molar refractivity (Wildman–Crippen MR) is 74.2 cm³/mol. The number of ether oxygens (including phenoxy) is 2. The highest BCUT2D eigenvalue weighted by Crippen LogP contribution is 2.28. The largest absolute Gasteiger partial charge is 0.353 e. The Morgan fingerprint density at radius 1 is 0.824 bits per heavy atom. The van der Waals surface area contributed by atoms with Crippen LogP contribution in [0.5, 0.6) is 0 Å². The molecule has 0 saturated heterocycles. The van der Waals surface area contributed by atoms with Crippen LogP contribution in [-0.4, -0.2) is 20.0 Å². The van der Waals surface area contributed by atoms with E-state index in [1.54, 1.807) is 14.2 Å². The van der Waals surface area contributed by atoms with E-state index in [9.17, 15) is 0 Å². The lowest BCUT2D eigenvalue weighted by molar-refractivity contribution is -0.237. The highest BCUT2D eigenvalue weighted by atomic mass is 16.7. The van der Waals surface area contributed by atoms with Gasteiger partial charge in [-0.05, 0) is 6.42 Å². The Bertz CT molecular complexity index is 162. The molecule has 17 heavy (non-hydrogen) atoms. The minimum atomic E-state index is -0.372. The molecule has 0 N–H and O–H groups in total. The Morgan fingerprint density at radius 2 is 1.29 bits per heavy atom. The summed E-state index contributed by atoms with van der Waals surface area (Å²) in [6.45, 7) is 6.58. The van der Waals surface area contributed by atoms with Gasteiger partial charge in [0.05, 0.1) is 0 Å². The van der Waals surface area contributed by atoms with Crippen LogP contribution >= 0.6 is 0 Å². The van der Waals surface area contributed by atoms with Gasteiger partial charge in [-0.2, -0.15) is 0 Å². The molecule has 0 radical (unpaired) electrons. The highest BCUT2D eigenvalue weighted by molar-refractivity contribution is 4.73. The lowest BCUT2D eigenvalue weighted by Crippen LogP contribution is -2.39. The normalized spacial score (nSPS) is 12.4. The number of methoxy groups -OCH3 is 2. The molecule has 0 spiro atoms. The summed E-state index contributed by atoms with van der Waals surface area (Å²) in [7, 11) is 3.51.